The molecule has 3 aromatic rings. The predicted molar refractivity (Wildman–Crippen MR) is 124 cm³/mol. The molecule has 0 aliphatic rings. The normalized spacial score (nSPS) is 11.0. The van der Waals surface area contributed by atoms with Crippen LogP contribution in [0.3, 0.4) is 0 Å². The van der Waals surface area contributed by atoms with E-state index in [1.54, 1.807) is 18.3 Å². The third-order valence-electron chi connectivity index (χ3n) is 4.85. The van der Waals surface area contributed by atoms with Crippen molar-refractivity contribution in [2.75, 3.05) is 11.4 Å². The van der Waals surface area contributed by atoms with Crippen LogP contribution in [0.2, 0.25) is 0 Å². The maximum atomic E-state index is 12.2. The highest BCUT2D eigenvalue weighted by atomic mass is 32.2. The Morgan fingerprint density at radius 2 is 2.06 bits per heavy atom. The molecule has 0 atom stereocenters. The first-order valence-electron chi connectivity index (χ1n) is 9.91. The van der Waals surface area contributed by atoms with Gasteiger partial charge in [0.15, 0.2) is 0 Å². The molecule has 3 rings (SSSR count). The molecule has 0 radical (unpaired) electrons. The number of anilines is 1. The number of ether oxygens (including phenoxy) is 1. The number of benzene rings is 1. The van der Waals surface area contributed by atoms with Crippen LogP contribution < -0.4 is 4.31 Å². The van der Waals surface area contributed by atoms with E-state index in [4.69, 9.17) is 4.74 Å². The minimum Gasteiger partial charge on any atom is -0.452 e. The monoisotopic (exact) mass is 472 g/mol. The molecule has 0 spiro atoms. The van der Waals surface area contributed by atoms with Gasteiger partial charge in [0.25, 0.3) is 0 Å². The van der Waals surface area contributed by atoms with E-state index in [2.05, 4.69) is 24.9 Å². The summed E-state index contributed by atoms with van der Waals surface area (Å²) in [7, 11) is -2.15. The third-order valence-corrected chi connectivity index (χ3v) is 6.82. The maximum Gasteiger partial charge on any atom is 0.428 e. The molecule has 1 aromatic carbocycles. The molecule has 10 heteroatoms. The van der Waals surface area contributed by atoms with E-state index in [0.29, 0.717) is 39.9 Å². The fraction of sp³-hybridized carbons (Fsp3) is 0.318. The van der Waals surface area contributed by atoms with E-state index in [1.165, 1.54) is 11.3 Å². The standard InChI is InChI=1S/C22H24N4O4S2/c1-14(2)9-18-11-20(21(31-18)26(32(28)29)22(27)30-4)19-6-5-16(10-17(19)12-23)13-25-8-7-24-15(25)3/h5-8,10-11,14,32H,9,13H2,1-4H3. The van der Waals surface area contributed by atoms with E-state index < -0.39 is 17.0 Å². The van der Waals surface area contributed by atoms with Crippen molar-refractivity contribution in [1.82, 2.24) is 9.55 Å². The Kier molecular flexibility index (Phi) is 7.33. The van der Waals surface area contributed by atoms with Crippen LogP contribution >= 0.6 is 11.3 Å². The lowest BCUT2D eigenvalue weighted by Crippen LogP contribution is -2.28. The van der Waals surface area contributed by atoms with Gasteiger partial charge in [-0.3, -0.25) is 0 Å². The van der Waals surface area contributed by atoms with E-state index in [-0.39, 0.29) is 5.00 Å². The number of hydrogen-bond donors (Lipinski definition) is 1. The number of imidazole rings is 1. The maximum absolute atomic E-state index is 12.2. The number of nitrogens with zero attached hydrogens (tertiary/aromatic N) is 4. The summed E-state index contributed by atoms with van der Waals surface area (Å²) in [5, 5.41) is 10.1. The Labute approximate surface area is 192 Å². The number of aryl methyl sites for hydroxylation is 1. The first-order chi connectivity index (χ1) is 15.2. The van der Waals surface area contributed by atoms with Gasteiger partial charge in [-0.1, -0.05) is 26.0 Å². The predicted octanol–water partition coefficient (Wildman–Crippen LogP) is 4.14. The first-order valence-corrected chi connectivity index (χ1v) is 11.9. The van der Waals surface area contributed by atoms with Gasteiger partial charge < -0.3 is 9.30 Å². The zero-order valence-corrected chi connectivity index (χ0v) is 19.9. The number of nitriles is 1. The van der Waals surface area contributed by atoms with Crippen LogP contribution in [0.25, 0.3) is 11.1 Å². The molecule has 0 N–H and O–H groups in total. The highest BCUT2D eigenvalue weighted by molar-refractivity contribution is 7.75. The lowest BCUT2D eigenvalue weighted by molar-refractivity contribution is 0.183. The van der Waals surface area contributed by atoms with E-state index in [9.17, 15) is 18.5 Å². The molecule has 0 saturated heterocycles. The molecule has 0 aliphatic carbocycles. The quantitative estimate of drug-likeness (QED) is 0.518. The average molecular weight is 473 g/mol. The van der Waals surface area contributed by atoms with E-state index in [0.717, 1.165) is 23.4 Å². The Morgan fingerprint density at radius 1 is 1.31 bits per heavy atom. The summed E-state index contributed by atoms with van der Waals surface area (Å²) in [6.45, 7) is 6.56. The van der Waals surface area contributed by atoms with Gasteiger partial charge in [0.05, 0.1) is 18.7 Å². The highest BCUT2D eigenvalue weighted by Gasteiger charge is 2.27. The first kappa shape index (κ1) is 23.5. The number of hydrogen-bond acceptors (Lipinski definition) is 7. The minimum absolute atomic E-state index is 0.221. The number of amides is 1. The smallest absolute Gasteiger partial charge is 0.428 e. The van der Waals surface area contributed by atoms with Crippen molar-refractivity contribution < 1.29 is 17.9 Å². The zero-order chi connectivity index (χ0) is 23.4. The van der Waals surface area contributed by atoms with Gasteiger partial charge in [0.2, 0.25) is 10.9 Å². The molecular formula is C22H24N4O4S2. The molecule has 0 aliphatic heterocycles. The van der Waals surface area contributed by atoms with Gasteiger partial charge in [0, 0.05) is 34.9 Å². The second-order valence-corrected chi connectivity index (χ2v) is 9.63. The Bertz CT molecular complexity index is 1240. The van der Waals surface area contributed by atoms with E-state index >= 15 is 0 Å². The summed E-state index contributed by atoms with van der Waals surface area (Å²) in [5.41, 5.74) is 2.37. The average Bonchev–Trinajstić information content (AvgIpc) is 3.33. The number of thiol groups is 1. The summed E-state index contributed by atoms with van der Waals surface area (Å²) < 4.78 is 31.1. The van der Waals surface area contributed by atoms with Gasteiger partial charge in [0.1, 0.15) is 10.8 Å². The molecule has 0 saturated carbocycles. The largest absolute Gasteiger partial charge is 0.452 e. The van der Waals surface area contributed by atoms with Crippen molar-refractivity contribution in [3.63, 3.8) is 0 Å². The van der Waals surface area contributed by atoms with Crippen molar-refractivity contribution in [3.8, 4) is 17.2 Å². The summed E-state index contributed by atoms with van der Waals surface area (Å²) in [5.74, 6) is 1.19. The highest BCUT2D eigenvalue weighted by Crippen LogP contribution is 2.41. The molecule has 1 amide bonds. The fourth-order valence-electron chi connectivity index (χ4n) is 3.38. The van der Waals surface area contributed by atoms with Crippen molar-refractivity contribution in [2.24, 2.45) is 5.92 Å². The topological polar surface area (TPSA) is 105 Å². The molecule has 168 valence electrons. The van der Waals surface area contributed by atoms with Crippen molar-refractivity contribution in [1.29, 1.82) is 5.26 Å². The van der Waals surface area contributed by atoms with Crippen molar-refractivity contribution in [2.45, 2.75) is 33.7 Å². The van der Waals surface area contributed by atoms with Gasteiger partial charge in [-0.15, -0.1) is 11.3 Å². The zero-order valence-electron chi connectivity index (χ0n) is 18.2. The molecule has 2 aromatic heterocycles. The van der Waals surface area contributed by atoms with Gasteiger partial charge in [-0.2, -0.15) is 9.57 Å². The third kappa shape index (κ3) is 5.00. The van der Waals surface area contributed by atoms with Crippen LogP contribution in [-0.2, 0) is 28.6 Å². The molecular weight excluding hydrogens is 448 g/mol. The Balaban J connectivity index is 2.13. The molecule has 32 heavy (non-hydrogen) atoms. The number of methoxy groups -OCH3 is 1. The molecule has 8 nitrogen and oxygen atoms in total. The molecule has 0 bridgehead atoms. The second kappa shape index (κ2) is 9.97. The summed E-state index contributed by atoms with van der Waals surface area (Å²) in [4.78, 5) is 17.4. The van der Waals surface area contributed by atoms with Crippen LogP contribution in [0.15, 0.2) is 36.7 Å². The fourth-order valence-corrected chi connectivity index (χ4v) is 5.45. The van der Waals surface area contributed by atoms with Gasteiger partial charge >= 0.3 is 6.09 Å². The molecule has 0 fully saturated rings. The van der Waals surface area contributed by atoms with Crippen LogP contribution in [0, 0.1) is 24.2 Å². The number of carbonyl (C=O) groups is 1. The minimum atomic E-state index is -3.27. The van der Waals surface area contributed by atoms with Crippen LogP contribution in [0.5, 0.6) is 0 Å². The van der Waals surface area contributed by atoms with E-state index in [1.807, 2.05) is 29.8 Å². The van der Waals surface area contributed by atoms with Crippen molar-refractivity contribution in [3.05, 3.63) is 58.5 Å². The van der Waals surface area contributed by atoms with Gasteiger partial charge in [-0.05, 0) is 37.0 Å². The lowest BCUT2D eigenvalue weighted by Gasteiger charge is -2.15. The SMILES string of the molecule is COC(=O)N(c1sc(CC(C)C)cc1-c1ccc(Cn2ccnc2C)cc1C#N)[SH](=O)=O. The second-order valence-electron chi connectivity index (χ2n) is 7.64. The number of thiophene rings is 1. The Hall–Kier alpha value is -3.16. The summed E-state index contributed by atoms with van der Waals surface area (Å²) >= 11 is 1.21. The van der Waals surface area contributed by atoms with Crippen LogP contribution in [0.4, 0.5) is 9.80 Å². The number of carbonyl (C=O) groups excluding carboxylic acids is 1. The number of aromatic nitrogens is 2. The van der Waals surface area contributed by atoms with Crippen LogP contribution in [-0.4, -0.2) is 31.2 Å². The summed E-state index contributed by atoms with van der Waals surface area (Å²) in [6.07, 6.45) is 3.30. The summed E-state index contributed by atoms with van der Waals surface area (Å²) in [6, 6.07) is 9.52. The van der Waals surface area contributed by atoms with Crippen molar-refractivity contribution >= 4 is 33.3 Å². The van der Waals surface area contributed by atoms with Crippen LogP contribution in [0.1, 0.15) is 35.7 Å². The van der Waals surface area contributed by atoms with Gasteiger partial charge in [-0.25, -0.2) is 18.2 Å². The molecule has 0 unspecified atom stereocenters. The lowest BCUT2D eigenvalue weighted by atomic mass is 9.98. The molecule has 2 heterocycles. The Morgan fingerprint density at radius 3 is 2.62 bits per heavy atom. The number of rotatable bonds is 7.